The lowest BCUT2D eigenvalue weighted by atomic mass is 9.90. The molecule has 1 heterocycles. The van der Waals surface area contributed by atoms with Crippen molar-refractivity contribution in [3.8, 4) is 0 Å². The van der Waals surface area contributed by atoms with Crippen molar-refractivity contribution in [3.63, 3.8) is 0 Å². The summed E-state index contributed by atoms with van der Waals surface area (Å²) in [4.78, 5) is 15.8. The minimum Gasteiger partial charge on any atom is -0.367 e. The third kappa shape index (κ3) is 4.87. The van der Waals surface area contributed by atoms with Crippen LogP contribution in [0.4, 0.5) is 5.69 Å². The van der Waals surface area contributed by atoms with E-state index < -0.39 is 0 Å². The third-order valence-electron chi connectivity index (χ3n) is 5.48. The highest BCUT2D eigenvalue weighted by molar-refractivity contribution is 5.73. The third-order valence-corrected chi connectivity index (χ3v) is 5.48. The Kier molecular flexibility index (Phi) is 6.32. The molecule has 0 bridgehead atoms. The van der Waals surface area contributed by atoms with E-state index in [0.29, 0.717) is 5.92 Å². The van der Waals surface area contributed by atoms with Crippen molar-refractivity contribution >= 4 is 11.6 Å². The van der Waals surface area contributed by atoms with Crippen LogP contribution < -0.4 is 4.90 Å². The number of carbonyl (C=O) groups excluding carboxylic acids is 1. The number of anilines is 1. The highest BCUT2D eigenvalue weighted by Gasteiger charge is 2.20. The molecule has 0 radical (unpaired) electrons. The smallest absolute Gasteiger partial charge is 0.219 e. The van der Waals surface area contributed by atoms with E-state index >= 15 is 0 Å². The van der Waals surface area contributed by atoms with Crippen molar-refractivity contribution < 1.29 is 4.79 Å². The van der Waals surface area contributed by atoms with Crippen LogP contribution in [0.2, 0.25) is 0 Å². The number of rotatable bonds is 6. The van der Waals surface area contributed by atoms with Gasteiger partial charge in [-0.05, 0) is 55.4 Å². The standard InChI is InChI=1S/C23H30N2O/c1-3-24(18-22-7-5-4-6-8-22)23-11-9-20(10-12-23)17-21-13-15-25(16-14-21)19(2)26/h4-12,21H,3,13-18H2,1-2H3. The second-order valence-electron chi connectivity index (χ2n) is 7.32. The quantitative estimate of drug-likeness (QED) is 0.765. The number of nitrogens with zero attached hydrogens (tertiary/aromatic N) is 2. The molecule has 0 atom stereocenters. The maximum atomic E-state index is 11.4. The Morgan fingerprint density at radius 3 is 2.23 bits per heavy atom. The number of hydrogen-bond acceptors (Lipinski definition) is 2. The van der Waals surface area contributed by atoms with Crippen LogP contribution in [0.1, 0.15) is 37.8 Å². The molecule has 1 fully saturated rings. The summed E-state index contributed by atoms with van der Waals surface area (Å²) < 4.78 is 0. The fourth-order valence-corrected chi connectivity index (χ4v) is 3.82. The van der Waals surface area contributed by atoms with Gasteiger partial charge in [0.25, 0.3) is 0 Å². The first kappa shape index (κ1) is 18.5. The molecule has 0 N–H and O–H groups in total. The van der Waals surface area contributed by atoms with Gasteiger partial charge in [-0.25, -0.2) is 0 Å². The predicted molar refractivity (Wildman–Crippen MR) is 108 cm³/mol. The van der Waals surface area contributed by atoms with Crippen molar-refractivity contribution in [2.75, 3.05) is 24.5 Å². The van der Waals surface area contributed by atoms with E-state index in [9.17, 15) is 4.79 Å². The Hall–Kier alpha value is -2.29. The van der Waals surface area contributed by atoms with Gasteiger partial charge in [-0.1, -0.05) is 42.5 Å². The zero-order valence-corrected chi connectivity index (χ0v) is 16.0. The first-order valence-electron chi connectivity index (χ1n) is 9.79. The fraction of sp³-hybridized carbons (Fsp3) is 0.435. The summed E-state index contributed by atoms with van der Waals surface area (Å²) in [5.74, 6) is 0.911. The fourth-order valence-electron chi connectivity index (χ4n) is 3.82. The summed E-state index contributed by atoms with van der Waals surface area (Å²) in [6.45, 7) is 7.66. The van der Waals surface area contributed by atoms with E-state index in [0.717, 1.165) is 45.4 Å². The molecule has 1 amide bonds. The number of carbonyl (C=O) groups is 1. The topological polar surface area (TPSA) is 23.6 Å². The van der Waals surface area contributed by atoms with Crippen LogP contribution in [0.3, 0.4) is 0 Å². The van der Waals surface area contributed by atoms with Crippen LogP contribution in [0.5, 0.6) is 0 Å². The van der Waals surface area contributed by atoms with Crippen LogP contribution in [0.15, 0.2) is 54.6 Å². The van der Waals surface area contributed by atoms with E-state index in [-0.39, 0.29) is 5.91 Å². The second-order valence-corrected chi connectivity index (χ2v) is 7.32. The second kappa shape index (κ2) is 8.88. The van der Waals surface area contributed by atoms with Crippen molar-refractivity contribution in [2.24, 2.45) is 5.92 Å². The maximum Gasteiger partial charge on any atom is 0.219 e. The van der Waals surface area contributed by atoms with Crippen LogP contribution in [-0.4, -0.2) is 30.4 Å². The van der Waals surface area contributed by atoms with Crippen molar-refractivity contribution in [2.45, 2.75) is 39.7 Å². The van der Waals surface area contributed by atoms with E-state index in [2.05, 4.69) is 66.4 Å². The summed E-state index contributed by atoms with van der Waals surface area (Å²) in [6, 6.07) is 19.7. The lowest BCUT2D eigenvalue weighted by Crippen LogP contribution is -2.37. The molecule has 0 aliphatic carbocycles. The SMILES string of the molecule is CCN(Cc1ccccc1)c1ccc(CC2CCN(C(C)=O)CC2)cc1. The van der Waals surface area contributed by atoms with Crippen LogP contribution in [0, 0.1) is 5.92 Å². The molecular weight excluding hydrogens is 320 g/mol. The Balaban J connectivity index is 1.56. The Bertz CT molecular complexity index is 688. The number of hydrogen-bond donors (Lipinski definition) is 0. The number of likely N-dealkylation sites (tertiary alicyclic amines) is 1. The minimum atomic E-state index is 0.214. The molecule has 1 aliphatic heterocycles. The summed E-state index contributed by atoms with van der Waals surface area (Å²) in [7, 11) is 0. The zero-order valence-electron chi connectivity index (χ0n) is 16.0. The lowest BCUT2D eigenvalue weighted by molar-refractivity contribution is -0.130. The lowest BCUT2D eigenvalue weighted by Gasteiger charge is -2.31. The van der Waals surface area contributed by atoms with Crippen molar-refractivity contribution in [1.29, 1.82) is 0 Å². The molecule has 0 saturated carbocycles. The molecule has 0 aromatic heterocycles. The van der Waals surface area contributed by atoms with Gasteiger partial charge in [-0.15, -0.1) is 0 Å². The maximum absolute atomic E-state index is 11.4. The molecule has 0 spiro atoms. The van der Waals surface area contributed by atoms with Crippen molar-refractivity contribution in [1.82, 2.24) is 4.90 Å². The zero-order chi connectivity index (χ0) is 18.4. The molecule has 1 saturated heterocycles. The number of benzene rings is 2. The summed E-state index contributed by atoms with van der Waals surface area (Å²) in [5, 5.41) is 0. The molecule has 2 aromatic rings. The molecule has 3 rings (SSSR count). The normalized spacial score (nSPS) is 15.1. The highest BCUT2D eigenvalue weighted by atomic mass is 16.2. The van der Waals surface area contributed by atoms with E-state index in [1.807, 2.05) is 4.90 Å². The van der Waals surface area contributed by atoms with E-state index in [1.165, 1.54) is 16.8 Å². The van der Waals surface area contributed by atoms with Crippen LogP contribution in [-0.2, 0) is 17.8 Å². The molecule has 138 valence electrons. The molecule has 26 heavy (non-hydrogen) atoms. The van der Waals surface area contributed by atoms with Crippen molar-refractivity contribution in [3.05, 3.63) is 65.7 Å². The average molecular weight is 351 g/mol. The Morgan fingerprint density at radius 1 is 1.00 bits per heavy atom. The molecule has 0 unspecified atom stereocenters. The van der Waals surface area contributed by atoms with Gasteiger partial charge in [0.05, 0.1) is 0 Å². The Labute approximate surface area is 157 Å². The molecule has 2 aromatic carbocycles. The van der Waals surface area contributed by atoms with E-state index in [1.54, 1.807) is 6.92 Å². The van der Waals surface area contributed by atoms with Gasteiger partial charge in [0, 0.05) is 38.8 Å². The highest BCUT2D eigenvalue weighted by Crippen LogP contribution is 2.24. The van der Waals surface area contributed by atoms with Gasteiger partial charge < -0.3 is 9.80 Å². The summed E-state index contributed by atoms with van der Waals surface area (Å²) in [5.41, 5.74) is 4.04. The molecule has 1 aliphatic rings. The number of amides is 1. The van der Waals surface area contributed by atoms with Gasteiger partial charge in [0.2, 0.25) is 5.91 Å². The van der Waals surface area contributed by atoms with E-state index in [4.69, 9.17) is 0 Å². The minimum absolute atomic E-state index is 0.214. The predicted octanol–water partition coefficient (Wildman–Crippen LogP) is 4.51. The largest absolute Gasteiger partial charge is 0.367 e. The summed E-state index contributed by atoms with van der Waals surface area (Å²) in [6.07, 6.45) is 3.36. The van der Waals surface area contributed by atoms with Gasteiger partial charge >= 0.3 is 0 Å². The Morgan fingerprint density at radius 2 is 1.65 bits per heavy atom. The average Bonchev–Trinajstić information content (AvgIpc) is 2.68. The van der Waals surface area contributed by atoms with Gasteiger partial charge in [-0.2, -0.15) is 0 Å². The first-order chi connectivity index (χ1) is 12.7. The molecular formula is C23H30N2O. The first-order valence-corrected chi connectivity index (χ1v) is 9.79. The van der Waals surface area contributed by atoms with Crippen LogP contribution in [0.25, 0.3) is 0 Å². The number of piperidine rings is 1. The van der Waals surface area contributed by atoms with Gasteiger partial charge in [-0.3, -0.25) is 4.79 Å². The van der Waals surface area contributed by atoms with Gasteiger partial charge in [0.15, 0.2) is 0 Å². The molecule has 3 nitrogen and oxygen atoms in total. The summed E-state index contributed by atoms with van der Waals surface area (Å²) >= 11 is 0. The van der Waals surface area contributed by atoms with Gasteiger partial charge in [0.1, 0.15) is 0 Å². The monoisotopic (exact) mass is 350 g/mol. The van der Waals surface area contributed by atoms with Crippen LogP contribution >= 0.6 is 0 Å². The molecule has 3 heteroatoms.